The Morgan fingerprint density at radius 1 is 1.25 bits per heavy atom. The molecule has 0 bridgehead atoms. The first kappa shape index (κ1) is 19.6. The number of fused-ring (bicyclic) bond motifs is 3. The quantitative estimate of drug-likeness (QED) is 0.463. The van der Waals surface area contributed by atoms with Gasteiger partial charge in [-0.3, -0.25) is 18.8 Å². The predicted octanol–water partition coefficient (Wildman–Crippen LogP) is 1.67. The Morgan fingerprint density at radius 2 is 2.03 bits per heavy atom. The van der Waals surface area contributed by atoms with Crippen molar-refractivity contribution in [3.63, 3.8) is 0 Å². The highest BCUT2D eigenvalue weighted by atomic mass is 16.7. The van der Waals surface area contributed by atoms with Gasteiger partial charge in [0.1, 0.15) is 5.65 Å². The molecule has 0 aliphatic carbocycles. The van der Waals surface area contributed by atoms with E-state index in [9.17, 15) is 19.5 Å². The third kappa shape index (κ3) is 3.13. The first-order valence-electron chi connectivity index (χ1n) is 9.70. The largest absolute Gasteiger partial charge is 0.493 e. The van der Waals surface area contributed by atoms with E-state index >= 15 is 0 Å². The molecule has 0 unspecified atom stereocenters. The number of hydrogen-bond acceptors (Lipinski definition) is 8. The van der Waals surface area contributed by atoms with Crippen LogP contribution in [0.1, 0.15) is 23.5 Å². The number of nitrogens with zero attached hydrogens (tertiary/aromatic N) is 2. The smallest absolute Gasteiger partial charge is 0.306 e. The second kappa shape index (κ2) is 7.41. The average molecular weight is 435 g/mol. The van der Waals surface area contributed by atoms with Gasteiger partial charge in [0.25, 0.3) is 11.1 Å². The minimum absolute atomic E-state index is 0.0705. The maximum absolute atomic E-state index is 13.2. The van der Waals surface area contributed by atoms with E-state index in [1.165, 1.54) is 17.7 Å². The molecule has 1 aromatic carbocycles. The lowest BCUT2D eigenvalue weighted by atomic mass is 9.89. The molecule has 10 nitrogen and oxygen atoms in total. The maximum atomic E-state index is 13.2. The van der Waals surface area contributed by atoms with Gasteiger partial charge in [0.2, 0.25) is 12.7 Å². The number of H-pyrrole nitrogens is 1. The summed E-state index contributed by atoms with van der Waals surface area (Å²) in [6.45, 7) is 0.0705. The van der Waals surface area contributed by atoms with Crippen LogP contribution in [0.2, 0.25) is 0 Å². The number of hydrogen-bond donors (Lipinski definition) is 2. The highest BCUT2D eigenvalue weighted by Crippen LogP contribution is 2.37. The number of methoxy groups -OCH3 is 1. The van der Waals surface area contributed by atoms with E-state index in [2.05, 4.69) is 9.97 Å². The number of aromatic amines is 1. The summed E-state index contributed by atoms with van der Waals surface area (Å²) < 4.78 is 16.8. The molecule has 4 aromatic rings. The number of aromatic hydroxyl groups is 1. The third-order valence-electron chi connectivity index (χ3n) is 5.44. The topological polar surface area (TPSA) is 132 Å². The minimum Gasteiger partial charge on any atom is -0.493 e. The fourth-order valence-electron chi connectivity index (χ4n) is 3.89. The number of aromatic nitrogens is 3. The monoisotopic (exact) mass is 435 g/mol. The van der Waals surface area contributed by atoms with Crippen molar-refractivity contribution in [2.45, 2.75) is 12.3 Å². The summed E-state index contributed by atoms with van der Waals surface area (Å²) in [6.07, 6.45) is 1.15. The molecule has 162 valence electrons. The number of carbonyl (C=O) groups is 1. The summed E-state index contributed by atoms with van der Waals surface area (Å²) in [5.74, 6) is -1.30. The standard InChI is InChI=1S/C22H17N3O7/c1-30-18(26)8-12(19-21(28)24-17-4-2-3-5-25(17)22(19)29)13-6-11-7-15-16(32-10-31-15)9-14(11)23-20(13)27/h2-7,9,12,28H,8,10H2,1H3,(H,23,27)/t12-/m1/s1. The molecule has 3 aromatic heterocycles. The molecule has 0 fully saturated rings. The normalized spacial score (nSPS) is 13.4. The molecule has 32 heavy (non-hydrogen) atoms. The highest BCUT2D eigenvalue weighted by molar-refractivity contribution is 5.84. The molecule has 1 aliphatic rings. The van der Waals surface area contributed by atoms with Crippen molar-refractivity contribution in [2.24, 2.45) is 0 Å². The van der Waals surface area contributed by atoms with Crippen LogP contribution >= 0.6 is 0 Å². The van der Waals surface area contributed by atoms with Gasteiger partial charge in [-0.2, -0.15) is 4.98 Å². The Morgan fingerprint density at radius 3 is 2.81 bits per heavy atom. The van der Waals surface area contributed by atoms with Crippen LogP contribution in [0.5, 0.6) is 17.4 Å². The molecule has 0 radical (unpaired) electrons. The molecule has 0 saturated carbocycles. The molecule has 10 heteroatoms. The molecule has 1 atom stereocenters. The Kier molecular flexibility index (Phi) is 4.54. The van der Waals surface area contributed by atoms with Crippen molar-refractivity contribution in [1.82, 2.24) is 14.4 Å². The average Bonchev–Trinajstić information content (AvgIpc) is 3.23. The number of benzene rings is 1. The zero-order chi connectivity index (χ0) is 22.4. The second-order valence-corrected chi connectivity index (χ2v) is 7.26. The number of pyridine rings is 2. The van der Waals surface area contributed by atoms with Crippen LogP contribution in [0.25, 0.3) is 16.6 Å². The molecule has 1 aliphatic heterocycles. The van der Waals surface area contributed by atoms with E-state index in [1.807, 2.05) is 0 Å². The molecule has 0 saturated heterocycles. The van der Waals surface area contributed by atoms with E-state index < -0.39 is 28.9 Å². The Balaban J connectivity index is 1.76. The number of esters is 1. The van der Waals surface area contributed by atoms with Crippen LogP contribution in [-0.2, 0) is 9.53 Å². The van der Waals surface area contributed by atoms with Crippen LogP contribution in [0.3, 0.4) is 0 Å². The molecule has 0 spiro atoms. The van der Waals surface area contributed by atoms with Crippen molar-refractivity contribution in [3.05, 3.63) is 74.4 Å². The summed E-state index contributed by atoms with van der Waals surface area (Å²) in [5.41, 5.74) is -0.459. The van der Waals surface area contributed by atoms with Gasteiger partial charge in [0.05, 0.1) is 24.6 Å². The van der Waals surface area contributed by atoms with Crippen molar-refractivity contribution in [3.8, 4) is 17.4 Å². The minimum atomic E-state index is -1.10. The van der Waals surface area contributed by atoms with Crippen LogP contribution < -0.4 is 20.6 Å². The van der Waals surface area contributed by atoms with Crippen molar-refractivity contribution >= 4 is 22.5 Å². The Bertz CT molecular complexity index is 1510. The fourth-order valence-corrected chi connectivity index (χ4v) is 3.89. The first-order valence-corrected chi connectivity index (χ1v) is 9.70. The van der Waals surface area contributed by atoms with E-state index in [0.717, 1.165) is 0 Å². The van der Waals surface area contributed by atoms with Crippen LogP contribution in [-0.4, -0.2) is 39.3 Å². The van der Waals surface area contributed by atoms with E-state index in [1.54, 1.807) is 36.4 Å². The Labute approximate surface area is 179 Å². The summed E-state index contributed by atoms with van der Waals surface area (Å²) in [6, 6.07) is 9.76. The summed E-state index contributed by atoms with van der Waals surface area (Å²) >= 11 is 0. The van der Waals surface area contributed by atoms with Crippen LogP contribution in [0.15, 0.2) is 52.2 Å². The summed E-state index contributed by atoms with van der Waals surface area (Å²) in [7, 11) is 1.20. The molecular weight excluding hydrogens is 418 g/mol. The third-order valence-corrected chi connectivity index (χ3v) is 5.44. The van der Waals surface area contributed by atoms with E-state index in [4.69, 9.17) is 14.2 Å². The van der Waals surface area contributed by atoms with Crippen LogP contribution in [0.4, 0.5) is 0 Å². The van der Waals surface area contributed by atoms with Gasteiger partial charge >= 0.3 is 5.97 Å². The van der Waals surface area contributed by atoms with E-state index in [-0.39, 0.29) is 30.0 Å². The number of rotatable bonds is 4. The molecule has 4 heterocycles. The van der Waals surface area contributed by atoms with Gasteiger partial charge in [-0.15, -0.1) is 0 Å². The lowest BCUT2D eigenvalue weighted by Gasteiger charge is -2.17. The van der Waals surface area contributed by atoms with Gasteiger partial charge in [-0.05, 0) is 24.3 Å². The fraction of sp³-hybridized carbons (Fsp3) is 0.182. The van der Waals surface area contributed by atoms with E-state index in [0.29, 0.717) is 22.4 Å². The first-order chi connectivity index (χ1) is 15.5. The van der Waals surface area contributed by atoms with Crippen molar-refractivity contribution in [2.75, 3.05) is 13.9 Å². The highest BCUT2D eigenvalue weighted by Gasteiger charge is 2.29. The lowest BCUT2D eigenvalue weighted by Crippen LogP contribution is -2.27. The number of carbonyl (C=O) groups excluding carboxylic acids is 1. The summed E-state index contributed by atoms with van der Waals surface area (Å²) in [5, 5.41) is 11.2. The van der Waals surface area contributed by atoms with Gasteiger partial charge in [-0.25, -0.2) is 0 Å². The zero-order valence-corrected chi connectivity index (χ0v) is 16.8. The van der Waals surface area contributed by atoms with Gasteiger partial charge in [0.15, 0.2) is 11.5 Å². The SMILES string of the molecule is COC(=O)C[C@H](c1cc2cc3c(cc2[nH]c1=O)OCO3)c1c(O)nc2ccccn2c1=O. The van der Waals surface area contributed by atoms with Crippen LogP contribution in [0, 0.1) is 0 Å². The van der Waals surface area contributed by atoms with Gasteiger partial charge in [0, 0.05) is 29.1 Å². The zero-order valence-electron chi connectivity index (χ0n) is 16.8. The summed E-state index contributed by atoms with van der Waals surface area (Å²) in [4.78, 5) is 45.3. The number of nitrogens with one attached hydrogen (secondary N) is 1. The predicted molar refractivity (Wildman–Crippen MR) is 112 cm³/mol. The Hall–Kier alpha value is -4.34. The molecular formula is C22H17N3O7. The maximum Gasteiger partial charge on any atom is 0.306 e. The number of ether oxygens (including phenoxy) is 3. The van der Waals surface area contributed by atoms with Gasteiger partial charge < -0.3 is 24.3 Å². The lowest BCUT2D eigenvalue weighted by molar-refractivity contribution is -0.140. The second-order valence-electron chi connectivity index (χ2n) is 7.26. The molecule has 2 N–H and O–H groups in total. The van der Waals surface area contributed by atoms with Gasteiger partial charge in [-0.1, -0.05) is 6.07 Å². The van der Waals surface area contributed by atoms with Crippen molar-refractivity contribution < 1.29 is 24.1 Å². The molecule has 5 rings (SSSR count). The molecule has 0 amide bonds. The van der Waals surface area contributed by atoms with Crippen molar-refractivity contribution in [1.29, 1.82) is 0 Å².